The molecule has 92 valence electrons. The van der Waals surface area contributed by atoms with Crippen LogP contribution in [0.1, 0.15) is 27.3 Å². The van der Waals surface area contributed by atoms with E-state index in [1.165, 1.54) is 0 Å². The van der Waals surface area contributed by atoms with Gasteiger partial charge in [0, 0.05) is 5.56 Å². The van der Waals surface area contributed by atoms with Crippen molar-refractivity contribution in [1.82, 2.24) is 20.4 Å². The van der Waals surface area contributed by atoms with Gasteiger partial charge in [-0.1, -0.05) is 0 Å². The van der Waals surface area contributed by atoms with Gasteiger partial charge in [-0.2, -0.15) is 0 Å². The molecule has 1 aromatic heterocycles. The van der Waals surface area contributed by atoms with Gasteiger partial charge in [0.15, 0.2) is 5.82 Å². The molecule has 0 amide bonds. The van der Waals surface area contributed by atoms with E-state index in [0.717, 1.165) is 5.56 Å². The summed E-state index contributed by atoms with van der Waals surface area (Å²) in [4.78, 5) is 11.1. The second kappa shape index (κ2) is 4.48. The number of aryl methyl sites for hydroxylation is 3. The molecule has 0 atom stereocenters. The lowest BCUT2D eigenvalue weighted by molar-refractivity contribution is 0.0695. The summed E-state index contributed by atoms with van der Waals surface area (Å²) in [5, 5.41) is 24.6. The van der Waals surface area contributed by atoms with E-state index in [4.69, 9.17) is 5.11 Å². The third-order valence-corrected chi connectivity index (χ3v) is 2.58. The second-order valence-corrected chi connectivity index (χ2v) is 4.06. The third-order valence-electron chi connectivity index (χ3n) is 2.58. The van der Waals surface area contributed by atoms with Crippen molar-refractivity contribution in [3.63, 3.8) is 0 Å². The predicted molar refractivity (Wildman–Crippen MR) is 64.2 cm³/mol. The molecule has 0 aliphatic carbocycles. The molecule has 0 bridgehead atoms. The maximum atomic E-state index is 11.1. The molecule has 0 saturated carbocycles. The minimum Gasteiger partial charge on any atom is -0.478 e. The maximum Gasteiger partial charge on any atom is 0.336 e. The van der Waals surface area contributed by atoms with Crippen LogP contribution in [0.2, 0.25) is 0 Å². The number of rotatable bonds is 2. The molecular formula is C12H12N4O2. The monoisotopic (exact) mass is 244 g/mol. The summed E-state index contributed by atoms with van der Waals surface area (Å²) in [6.45, 7) is 5.19. The van der Waals surface area contributed by atoms with E-state index in [1.54, 1.807) is 32.9 Å². The van der Waals surface area contributed by atoms with Gasteiger partial charge in [0.05, 0.1) is 5.56 Å². The first-order valence-electron chi connectivity index (χ1n) is 5.38. The van der Waals surface area contributed by atoms with Gasteiger partial charge in [-0.15, -0.1) is 20.4 Å². The number of carbonyl (C=O) groups is 1. The van der Waals surface area contributed by atoms with E-state index in [0.29, 0.717) is 28.3 Å². The quantitative estimate of drug-likeness (QED) is 0.862. The molecule has 6 heteroatoms. The molecule has 18 heavy (non-hydrogen) atoms. The van der Waals surface area contributed by atoms with Crippen molar-refractivity contribution in [1.29, 1.82) is 0 Å². The molecule has 0 spiro atoms. The molecule has 0 unspecified atom stereocenters. The zero-order valence-electron chi connectivity index (χ0n) is 10.3. The fourth-order valence-corrected chi connectivity index (χ4v) is 1.82. The lowest BCUT2D eigenvalue weighted by atomic mass is 9.99. The van der Waals surface area contributed by atoms with Crippen molar-refractivity contribution < 1.29 is 9.90 Å². The normalized spacial score (nSPS) is 10.4. The molecule has 0 saturated heterocycles. The summed E-state index contributed by atoms with van der Waals surface area (Å²) in [5.74, 6) is -0.0456. The minimum atomic E-state index is -0.933. The molecule has 0 radical (unpaired) electrons. The summed E-state index contributed by atoms with van der Waals surface area (Å²) in [6.07, 6.45) is 0. The largest absolute Gasteiger partial charge is 0.478 e. The van der Waals surface area contributed by atoms with Crippen molar-refractivity contribution in [3.05, 3.63) is 34.6 Å². The van der Waals surface area contributed by atoms with Crippen molar-refractivity contribution in [2.24, 2.45) is 0 Å². The lowest BCUT2D eigenvalue weighted by Gasteiger charge is -2.07. The Hall–Kier alpha value is -2.37. The number of aromatic carboxylic acids is 1. The van der Waals surface area contributed by atoms with Crippen LogP contribution in [0, 0.1) is 20.8 Å². The minimum absolute atomic E-state index is 0.312. The van der Waals surface area contributed by atoms with Crippen LogP contribution >= 0.6 is 0 Å². The Morgan fingerprint density at radius 3 is 1.94 bits per heavy atom. The summed E-state index contributed by atoms with van der Waals surface area (Å²) in [7, 11) is 0. The van der Waals surface area contributed by atoms with Crippen LogP contribution in [0.3, 0.4) is 0 Å². The Morgan fingerprint density at radius 1 is 1.00 bits per heavy atom. The molecule has 6 nitrogen and oxygen atoms in total. The van der Waals surface area contributed by atoms with Crippen LogP contribution in [0.25, 0.3) is 11.4 Å². The molecule has 1 aromatic carbocycles. The van der Waals surface area contributed by atoms with Gasteiger partial charge in [0.1, 0.15) is 0 Å². The molecule has 2 aromatic rings. The van der Waals surface area contributed by atoms with Gasteiger partial charge < -0.3 is 5.11 Å². The van der Waals surface area contributed by atoms with Crippen LogP contribution in [0.4, 0.5) is 0 Å². The first kappa shape index (κ1) is 12.1. The molecular weight excluding hydrogens is 232 g/mol. The average Bonchev–Trinajstić information content (AvgIpc) is 2.28. The smallest absolute Gasteiger partial charge is 0.336 e. The van der Waals surface area contributed by atoms with Crippen LogP contribution in [-0.4, -0.2) is 31.5 Å². The van der Waals surface area contributed by atoms with E-state index < -0.39 is 5.97 Å². The Labute approximate surface area is 104 Å². The first-order valence-corrected chi connectivity index (χ1v) is 5.38. The number of carboxylic acids is 1. The Bertz CT molecular complexity index is 585. The summed E-state index contributed by atoms with van der Waals surface area (Å²) in [5.41, 5.74) is 2.37. The van der Waals surface area contributed by atoms with E-state index in [2.05, 4.69) is 20.4 Å². The molecule has 0 fully saturated rings. The fourth-order valence-electron chi connectivity index (χ4n) is 1.82. The number of carboxylic acid groups (broad SMARTS) is 1. The van der Waals surface area contributed by atoms with E-state index in [9.17, 15) is 4.79 Å². The topological polar surface area (TPSA) is 88.9 Å². The fraction of sp³-hybridized carbons (Fsp3) is 0.250. The zero-order chi connectivity index (χ0) is 13.3. The average molecular weight is 244 g/mol. The van der Waals surface area contributed by atoms with Gasteiger partial charge in [0.25, 0.3) is 0 Å². The Morgan fingerprint density at radius 2 is 1.50 bits per heavy atom. The van der Waals surface area contributed by atoms with Gasteiger partial charge in [-0.3, -0.25) is 0 Å². The maximum absolute atomic E-state index is 11.1. The Kier molecular flexibility index (Phi) is 3.01. The van der Waals surface area contributed by atoms with Gasteiger partial charge >= 0.3 is 5.97 Å². The van der Waals surface area contributed by atoms with Gasteiger partial charge in [0.2, 0.25) is 5.82 Å². The van der Waals surface area contributed by atoms with Crippen LogP contribution in [0.5, 0.6) is 0 Å². The number of nitrogens with zero attached hydrogens (tertiary/aromatic N) is 4. The molecule has 0 aliphatic rings. The highest BCUT2D eigenvalue weighted by Gasteiger charge is 2.14. The first-order chi connectivity index (χ1) is 8.49. The van der Waals surface area contributed by atoms with Crippen LogP contribution in [-0.2, 0) is 0 Å². The SMILES string of the molecule is Cc1nnc(-c2cc(C)c(C(=O)O)c(C)c2)nn1. The number of hydrogen-bond acceptors (Lipinski definition) is 5. The van der Waals surface area contributed by atoms with E-state index in [1.807, 2.05) is 0 Å². The van der Waals surface area contributed by atoms with E-state index in [-0.39, 0.29) is 0 Å². The summed E-state index contributed by atoms with van der Waals surface area (Å²) < 4.78 is 0. The highest BCUT2D eigenvalue weighted by molar-refractivity contribution is 5.91. The lowest BCUT2D eigenvalue weighted by Crippen LogP contribution is -2.05. The van der Waals surface area contributed by atoms with Crippen LogP contribution in [0.15, 0.2) is 12.1 Å². The van der Waals surface area contributed by atoms with Crippen molar-refractivity contribution in [3.8, 4) is 11.4 Å². The molecule has 1 N–H and O–H groups in total. The number of aromatic nitrogens is 4. The standard InChI is InChI=1S/C12H12N4O2/c1-6-4-9(5-7(2)10(6)12(17)18)11-15-13-8(3)14-16-11/h4-5H,1-3H3,(H,17,18). The predicted octanol–water partition coefficient (Wildman–Crippen LogP) is 1.56. The summed E-state index contributed by atoms with van der Waals surface area (Å²) in [6, 6.07) is 3.45. The Balaban J connectivity index is 2.54. The van der Waals surface area contributed by atoms with Gasteiger partial charge in [-0.05, 0) is 44.0 Å². The highest BCUT2D eigenvalue weighted by atomic mass is 16.4. The highest BCUT2D eigenvalue weighted by Crippen LogP contribution is 2.22. The molecule has 2 rings (SSSR count). The molecule has 1 heterocycles. The van der Waals surface area contributed by atoms with E-state index >= 15 is 0 Å². The van der Waals surface area contributed by atoms with Crippen molar-refractivity contribution in [2.75, 3.05) is 0 Å². The number of hydrogen-bond donors (Lipinski definition) is 1. The second-order valence-electron chi connectivity index (χ2n) is 4.06. The molecule has 0 aliphatic heterocycles. The van der Waals surface area contributed by atoms with Crippen molar-refractivity contribution in [2.45, 2.75) is 20.8 Å². The van der Waals surface area contributed by atoms with Crippen molar-refractivity contribution >= 4 is 5.97 Å². The summed E-state index contributed by atoms with van der Waals surface area (Å²) >= 11 is 0. The zero-order valence-corrected chi connectivity index (χ0v) is 10.3. The van der Waals surface area contributed by atoms with Gasteiger partial charge in [-0.25, -0.2) is 4.79 Å². The number of benzene rings is 1. The van der Waals surface area contributed by atoms with Crippen LogP contribution < -0.4 is 0 Å². The third kappa shape index (κ3) is 2.17.